The lowest BCUT2D eigenvalue weighted by molar-refractivity contribution is 0.0713. The average Bonchev–Trinajstić information content (AvgIpc) is 2.61. The Hall–Kier alpha value is -2.74. The van der Waals surface area contributed by atoms with Gasteiger partial charge in [0.1, 0.15) is 17.9 Å². The summed E-state index contributed by atoms with van der Waals surface area (Å²) in [6.07, 6.45) is 2.96. The Kier molecular flexibility index (Phi) is 5.55. The molecule has 27 heavy (non-hydrogen) atoms. The van der Waals surface area contributed by atoms with Crippen LogP contribution in [-0.2, 0) is 0 Å². The molecule has 1 aromatic carbocycles. The summed E-state index contributed by atoms with van der Waals surface area (Å²) in [6.45, 7) is 7.56. The maximum absolute atomic E-state index is 13.9. The standard InChI is InChI=1S/C19H24FN5O2/c1-4-25(12(2)3)19(26)15-7-13(20)5-6-16(15)27-17-8-22-11-23-18(17)24-9-14(21)10-24/h5-8,11-12,14H,4,9-10,21H2,1-3H3. The zero-order chi connectivity index (χ0) is 19.6. The van der Waals surface area contributed by atoms with Crippen molar-refractivity contribution < 1.29 is 13.9 Å². The van der Waals surface area contributed by atoms with E-state index in [2.05, 4.69) is 9.97 Å². The molecule has 1 aliphatic rings. The Bertz CT molecular complexity index is 823. The van der Waals surface area contributed by atoms with Crippen LogP contribution in [0.25, 0.3) is 0 Å². The van der Waals surface area contributed by atoms with Crippen LogP contribution in [0.4, 0.5) is 10.2 Å². The minimum absolute atomic E-state index is 0.0168. The molecule has 1 fully saturated rings. The van der Waals surface area contributed by atoms with E-state index in [0.717, 1.165) is 0 Å². The van der Waals surface area contributed by atoms with Gasteiger partial charge in [-0.15, -0.1) is 0 Å². The highest BCUT2D eigenvalue weighted by Gasteiger charge is 2.28. The van der Waals surface area contributed by atoms with E-state index in [0.29, 0.717) is 31.2 Å². The van der Waals surface area contributed by atoms with Crippen molar-refractivity contribution in [1.82, 2.24) is 14.9 Å². The molecule has 1 saturated heterocycles. The van der Waals surface area contributed by atoms with Crippen LogP contribution in [0.15, 0.2) is 30.7 Å². The number of hydrogen-bond donors (Lipinski definition) is 1. The molecule has 1 aliphatic heterocycles. The third-order valence-electron chi connectivity index (χ3n) is 4.49. The predicted molar refractivity (Wildman–Crippen MR) is 101 cm³/mol. The predicted octanol–water partition coefficient (Wildman–Crippen LogP) is 2.43. The number of carbonyl (C=O) groups is 1. The number of nitrogens with zero attached hydrogens (tertiary/aromatic N) is 4. The number of carbonyl (C=O) groups excluding carboxylic acids is 1. The van der Waals surface area contributed by atoms with Crippen LogP contribution >= 0.6 is 0 Å². The number of nitrogens with two attached hydrogens (primary N) is 1. The number of anilines is 1. The Balaban J connectivity index is 1.94. The van der Waals surface area contributed by atoms with Crippen molar-refractivity contribution in [3.05, 3.63) is 42.1 Å². The summed E-state index contributed by atoms with van der Waals surface area (Å²) in [5.74, 6) is 0.486. The molecule has 144 valence electrons. The Labute approximate surface area is 158 Å². The van der Waals surface area contributed by atoms with Gasteiger partial charge < -0.3 is 20.3 Å². The van der Waals surface area contributed by atoms with Crippen LogP contribution in [0.5, 0.6) is 11.5 Å². The molecule has 0 unspecified atom stereocenters. The number of amides is 1. The van der Waals surface area contributed by atoms with Gasteiger partial charge in [0.05, 0.1) is 11.8 Å². The average molecular weight is 373 g/mol. The molecule has 8 heteroatoms. The first-order chi connectivity index (χ1) is 12.9. The summed E-state index contributed by atoms with van der Waals surface area (Å²) in [7, 11) is 0. The summed E-state index contributed by atoms with van der Waals surface area (Å²) in [5, 5.41) is 0. The molecule has 0 aliphatic carbocycles. The SMILES string of the molecule is CCN(C(=O)c1cc(F)ccc1Oc1cncnc1N1CC(N)C1)C(C)C. The molecule has 7 nitrogen and oxygen atoms in total. The summed E-state index contributed by atoms with van der Waals surface area (Å²) in [4.78, 5) is 24.8. The highest BCUT2D eigenvalue weighted by Crippen LogP contribution is 2.34. The number of ether oxygens (including phenoxy) is 1. The number of halogens is 1. The molecule has 0 radical (unpaired) electrons. The fourth-order valence-corrected chi connectivity index (χ4v) is 3.08. The van der Waals surface area contributed by atoms with Crippen molar-refractivity contribution >= 4 is 11.7 Å². The Morgan fingerprint density at radius 1 is 1.41 bits per heavy atom. The number of benzene rings is 1. The lowest BCUT2D eigenvalue weighted by Crippen LogP contribution is -2.56. The van der Waals surface area contributed by atoms with Crippen molar-refractivity contribution in [1.29, 1.82) is 0 Å². The monoisotopic (exact) mass is 373 g/mol. The highest BCUT2D eigenvalue weighted by atomic mass is 19.1. The molecule has 3 rings (SSSR count). The second-order valence-corrected chi connectivity index (χ2v) is 6.80. The zero-order valence-corrected chi connectivity index (χ0v) is 15.7. The molecule has 1 amide bonds. The van der Waals surface area contributed by atoms with Gasteiger partial charge in [0, 0.05) is 31.7 Å². The van der Waals surface area contributed by atoms with Gasteiger partial charge in [-0.25, -0.2) is 14.4 Å². The molecule has 0 spiro atoms. The number of aromatic nitrogens is 2. The molecular weight excluding hydrogens is 349 g/mol. The highest BCUT2D eigenvalue weighted by molar-refractivity contribution is 5.97. The summed E-state index contributed by atoms with van der Waals surface area (Å²) in [5.41, 5.74) is 6.02. The van der Waals surface area contributed by atoms with E-state index in [4.69, 9.17) is 10.5 Å². The summed E-state index contributed by atoms with van der Waals surface area (Å²) in [6, 6.07) is 4.00. The molecule has 0 bridgehead atoms. The minimum atomic E-state index is -0.497. The van der Waals surface area contributed by atoms with E-state index in [1.54, 1.807) is 4.90 Å². The Morgan fingerprint density at radius 3 is 2.78 bits per heavy atom. The molecular formula is C19H24FN5O2. The molecule has 0 saturated carbocycles. The minimum Gasteiger partial charge on any atom is -0.451 e. The van der Waals surface area contributed by atoms with Gasteiger partial charge in [-0.05, 0) is 39.0 Å². The van der Waals surface area contributed by atoms with Crippen molar-refractivity contribution in [3.8, 4) is 11.5 Å². The quantitative estimate of drug-likeness (QED) is 0.837. The van der Waals surface area contributed by atoms with Gasteiger partial charge in [0.2, 0.25) is 0 Å². The van der Waals surface area contributed by atoms with Gasteiger partial charge >= 0.3 is 0 Å². The molecule has 2 N–H and O–H groups in total. The van der Waals surface area contributed by atoms with E-state index < -0.39 is 5.82 Å². The summed E-state index contributed by atoms with van der Waals surface area (Å²) >= 11 is 0. The third-order valence-corrected chi connectivity index (χ3v) is 4.49. The van der Waals surface area contributed by atoms with Gasteiger partial charge in [0.15, 0.2) is 11.6 Å². The molecule has 2 heterocycles. The maximum Gasteiger partial charge on any atom is 0.257 e. The van der Waals surface area contributed by atoms with E-state index in [-0.39, 0.29) is 29.3 Å². The first kappa shape index (κ1) is 19.0. The molecule has 2 aromatic rings. The van der Waals surface area contributed by atoms with Crippen LogP contribution in [0.2, 0.25) is 0 Å². The van der Waals surface area contributed by atoms with E-state index in [9.17, 15) is 9.18 Å². The normalized spacial score (nSPS) is 14.2. The molecule has 1 aromatic heterocycles. The van der Waals surface area contributed by atoms with E-state index in [1.165, 1.54) is 30.7 Å². The second-order valence-electron chi connectivity index (χ2n) is 6.80. The van der Waals surface area contributed by atoms with Gasteiger partial charge in [-0.1, -0.05) is 0 Å². The Morgan fingerprint density at radius 2 is 2.15 bits per heavy atom. The second kappa shape index (κ2) is 7.87. The maximum atomic E-state index is 13.9. The number of rotatable bonds is 6. The van der Waals surface area contributed by atoms with Crippen LogP contribution in [0.3, 0.4) is 0 Å². The van der Waals surface area contributed by atoms with E-state index >= 15 is 0 Å². The van der Waals surface area contributed by atoms with Gasteiger partial charge in [0.25, 0.3) is 5.91 Å². The lowest BCUT2D eigenvalue weighted by atomic mass is 10.1. The van der Waals surface area contributed by atoms with Crippen molar-refractivity contribution in [3.63, 3.8) is 0 Å². The topological polar surface area (TPSA) is 84.6 Å². The largest absolute Gasteiger partial charge is 0.451 e. The first-order valence-corrected chi connectivity index (χ1v) is 8.99. The van der Waals surface area contributed by atoms with Crippen LogP contribution in [0, 0.1) is 5.82 Å². The molecule has 0 atom stereocenters. The third kappa shape index (κ3) is 4.00. The summed E-state index contributed by atoms with van der Waals surface area (Å²) < 4.78 is 19.8. The van der Waals surface area contributed by atoms with Gasteiger partial charge in [-0.3, -0.25) is 4.79 Å². The number of hydrogen-bond acceptors (Lipinski definition) is 6. The first-order valence-electron chi connectivity index (χ1n) is 8.99. The smallest absolute Gasteiger partial charge is 0.257 e. The van der Waals surface area contributed by atoms with Crippen LogP contribution in [0.1, 0.15) is 31.1 Å². The van der Waals surface area contributed by atoms with Crippen molar-refractivity contribution in [2.75, 3.05) is 24.5 Å². The fraction of sp³-hybridized carbons (Fsp3) is 0.421. The van der Waals surface area contributed by atoms with Gasteiger partial charge in [-0.2, -0.15) is 0 Å². The lowest BCUT2D eigenvalue weighted by Gasteiger charge is -2.38. The van der Waals surface area contributed by atoms with Crippen LogP contribution < -0.4 is 15.4 Å². The van der Waals surface area contributed by atoms with Crippen molar-refractivity contribution in [2.24, 2.45) is 5.73 Å². The van der Waals surface area contributed by atoms with Crippen LogP contribution in [-0.4, -0.2) is 52.5 Å². The van der Waals surface area contributed by atoms with Crippen molar-refractivity contribution in [2.45, 2.75) is 32.9 Å². The van der Waals surface area contributed by atoms with E-state index in [1.807, 2.05) is 25.7 Å². The fourth-order valence-electron chi connectivity index (χ4n) is 3.08. The zero-order valence-electron chi connectivity index (χ0n) is 15.7.